The van der Waals surface area contributed by atoms with Crippen LogP contribution in [0.5, 0.6) is 11.5 Å². The lowest BCUT2D eigenvalue weighted by atomic mass is 10.1. The minimum Gasteiger partial charge on any atom is -0.486 e. The first-order valence-electron chi connectivity index (χ1n) is 13.8. The highest BCUT2D eigenvalue weighted by molar-refractivity contribution is 7.92. The number of aryl methyl sites for hydroxylation is 1. The lowest BCUT2D eigenvalue weighted by Crippen LogP contribution is -2.51. The number of carbonyl (C=O) groups is 2. The zero-order valence-electron chi connectivity index (χ0n) is 24.2. The summed E-state index contributed by atoms with van der Waals surface area (Å²) in [5.41, 5.74) is 1.90. The van der Waals surface area contributed by atoms with Gasteiger partial charge in [-0.3, -0.25) is 13.9 Å². The van der Waals surface area contributed by atoms with Crippen molar-refractivity contribution in [3.63, 3.8) is 0 Å². The van der Waals surface area contributed by atoms with Crippen LogP contribution in [0.4, 0.5) is 10.1 Å². The number of halogens is 1. The van der Waals surface area contributed by atoms with Gasteiger partial charge in [-0.05, 0) is 61.7 Å². The molecule has 0 spiro atoms. The van der Waals surface area contributed by atoms with Crippen LogP contribution in [0.15, 0.2) is 71.6 Å². The average molecular weight is 598 g/mol. The molecular weight excluding hydrogens is 561 g/mol. The van der Waals surface area contributed by atoms with Crippen molar-refractivity contribution < 1.29 is 31.9 Å². The Labute approximate surface area is 246 Å². The second-order valence-electron chi connectivity index (χ2n) is 10.6. The Balaban J connectivity index is 1.70. The van der Waals surface area contributed by atoms with Crippen molar-refractivity contribution in [1.29, 1.82) is 0 Å². The molecule has 0 bridgehead atoms. The molecule has 11 heteroatoms. The van der Waals surface area contributed by atoms with Gasteiger partial charge < -0.3 is 19.7 Å². The number of ether oxygens (including phenoxy) is 2. The van der Waals surface area contributed by atoms with E-state index in [-0.39, 0.29) is 41.3 Å². The van der Waals surface area contributed by atoms with Crippen LogP contribution in [-0.4, -0.2) is 57.5 Å². The molecule has 1 N–H and O–H groups in total. The van der Waals surface area contributed by atoms with Crippen LogP contribution >= 0.6 is 0 Å². The molecule has 9 nitrogen and oxygen atoms in total. The van der Waals surface area contributed by atoms with Crippen LogP contribution in [-0.2, 0) is 26.2 Å². The predicted octanol–water partition coefficient (Wildman–Crippen LogP) is 4.29. The molecule has 3 aromatic carbocycles. The minimum atomic E-state index is -4.35. The molecule has 224 valence electrons. The van der Waals surface area contributed by atoms with Crippen LogP contribution in [0.3, 0.4) is 0 Å². The minimum absolute atomic E-state index is 0.0801. The molecule has 1 aliphatic rings. The monoisotopic (exact) mass is 597 g/mol. The van der Waals surface area contributed by atoms with Crippen molar-refractivity contribution >= 4 is 27.5 Å². The molecule has 42 heavy (non-hydrogen) atoms. The number of benzene rings is 3. The maximum absolute atomic E-state index is 14.0. The fourth-order valence-corrected chi connectivity index (χ4v) is 5.80. The fourth-order valence-electron chi connectivity index (χ4n) is 4.37. The molecule has 1 aliphatic heterocycles. The third kappa shape index (κ3) is 7.39. The van der Waals surface area contributed by atoms with Crippen LogP contribution in [0.25, 0.3) is 0 Å². The van der Waals surface area contributed by atoms with Gasteiger partial charge in [-0.15, -0.1) is 0 Å². The lowest BCUT2D eigenvalue weighted by Gasteiger charge is -2.32. The SMILES string of the molecule is Cc1ccc(CN(C(=O)CN(c2ccc(F)cc2)S(=O)(=O)c2ccc3c(c2)OCCO3)C(C)C(=O)NCC(C)C)cc1. The van der Waals surface area contributed by atoms with Gasteiger partial charge in [0.1, 0.15) is 31.6 Å². The molecular formula is C31H36FN3O6S. The predicted molar refractivity (Wildman–Crippen MR) is 157 cm³/mol. The zero-order valence-corrected chi connectivity index (χ0v) is 25.0. The van der Waals surface area contributed by atoms with Crippen LogP contribution in [0.1, 0.15) is 31.9 Å². The summed E-state index contributed by atoms with van der Waals surface area (Å²) < 4.78 is 53.9. The van der Waals surface area contributed by atoms with Gasteiger partial charge in [0.2, 0.25) is 11.8 Å². The molecule has 0 aliphatic carbocycles. The standard InChI is InChI=1S/C31H36FN3O6S/c1-21(2)18-33-31(37)23(4)34(19-24-7-5-22(3)6-8-24)30(36)20-35(26-11-9-25(32)10-12-26)42(38,39)27-13-14-28-29(17-27)41-16-15-40-28/h5-14,17,21,23H,15-16,18-20H2,1-4H3,(H,33,37). The number of sulfonamides is 1. The number of fused-ring (bicyclic) bond motifs is 1. The summed E-state index contributed by atoms with van der Waals surface area (Å²) in [5.74, 6) is -0.634. The molecule has 1 heterocycles. The second-order valence-corrected chi connectivity index (χ2v) is 12.5. The van der Waals surface area contributed by atoms with Gasteiger partial charge >= 0.3 is 0 Å². The third-order valence-corrected chi connectivity index (χ3v) is 8.59. The fraction of sp³-hybridized carbons (Fsp3) is 0.355. The van der Waals surface area contributed by atoms with E-state index in [1.165, 1.54) is 35.2 Å². The van der Waals surface area contributed by atoms with Crippen molar-refractivity contribution in [3.05, 3.63) is 83.7 Å². The molecule has 0 radical (unpaired) electrons. The summed E-state index contributed by atoms with van der Waals surface area (Å²) in [6.45, 7) is 7.96. The average Bonchev–Trinajstić information content (AvgIpc) is 2.98. The first-order chi connectivity index (χ1) is 20.0. The molecule has 0 saturated carbocycles. The van der Waals surface area contributed by atoms with E-state index in [1.807, 2.05) is 45.0 Å². The van der Waals surface area contributed by atoms with E-state index in [4.69, 9.17) is 9.47 Å². The van der Waals surface area contributed by atoms with E-state index in [0.717, 1.165) is 27.6 Å². The number of carbonyl (C=O) groups excluding carboxylic acids is 2. The third-order valence-electron chi connectivity index (χ3n) is 6.82. The topological polar surface area (TPSA) is 105 Å². The van der Waals surface area contributed by atoms with Crippen LogP contribution in [0, 0.1) is 18.7 Å². The first kappa shape index (κ1) is 30.8. The Kier molecular flexibility index (Phi) is 9.72. The highest BCUT2D eigenvalue weighted by atomic mass is 32.2. The van der Waals surface area contributed by atoms with Crippen molar-refractivity contribution in [3.8, 4) is 11.5 Å². The molecule has 2 amide bonds. The van der Waals surface area contributed by atoms with Gasteiger partial charge in [-0.2, -0.15) is 0 Å². The summed E-state index contributed by atoms with van der Waals surface area (Å²) >= 11 is 0. The highest BCUT2D eigenvalue weighted by Crippen LogP contribution is 2.34. The van der Waals surface area contributed by atoms with E-state index < -0.39 is 34.3 Å². The Morgan fingerprint density at radius 3 is 2.21 bits per heavy atom. The summed E-state index contributed by atoms with van der Waals surface area (Å²) in [4.78, 5) is 28.3. The van der Waals surface area contributed by atoms with Crippen molar-refractivity contribution in [2.24, 2.45) is 5.92 Å². The number of rotatable bonds is 11. The second kappa shape index (κ2) is 13.2. The number of amides is 2. The normalized spacial score (nSPS) is 13.4. The van der Waals surface area contributed by atoms with Gasteiger partial charge in [0.05, 0.1) is 10.6 Å². The maximum atomic E-state index is 14.0. The Hall–Kier alpha value is -4.12. The summed E-state index contributed by atoms with van der Waals surface area (Å²) in [7, 11) is -4.35. The largest absolute Gasteiger partial charge is 0.486 e. The van der Waals surface area contributed by atoms with Crippen LogP contribution in [0.2, 0.25) is 0 Å². The van der Waals surface area contributed by atoms with Crippen molar-refractivity contribution in [1.82, 2.24) is 10.2 Å². The molecule has 0 fully saturated rings. The molecule has 1 atom stereocenters. The Morgan fingerprint density at radius 2 is 1.57 bits per heavy atom. The van der Waals surface area contributed by atoms with Gasteiger partial charge in [0, 0.05) is 19.2 Å². The maximum Gasteiger partial charge on any atom is 0.264 e. The summed E-state index contributed by atoms with van der Waals surface area (Å²) in [6.07, 6.45) is 0. The van der Waals surface area contributed by atoms with Gasteiger partial charge in [-0.1, -0.05) is 43.7 Å². The summed E-state index contributed by atoms with van der Waals surface area (Å²) in [5, 5.41) is 2.86. The number of anilines is 1. The van der Waals surface area contributed by atoms with E-state index in [0.29, 0.717) is 18.9 Å². The lowest BCUT2D eigenvalue weighted by molar-refractivity contribution is -0.139. The molecule has 4 rings (SSSR count). The number of nitrogens with one attached hydrogen (secondary N) is 1. The van der Waals surface area contributed by atoms with Gasteiger partial charge in [0.15, 0.2) is 11.5 Å². The number of nitrogens with zero attached hydrogens (tertiary/aromatic N) is 2. The smallest absolute Gasteiger partial charge is 0.264 e. The molecule has 0 saturated heterocycles. The molecule has 1 unspecified atom stereocenters. The van der Waals surface area contributed by atoms with E-state index in [9.17, 15) is 22.4 Å². The van der Waals surface area contributed by atoms with E-state index >= 15 is 0 Å². The van der Waals surface area contributed by atoms with Gasteiger partial charge in [0.25, 0.3) is 10.0 Å². The molecule has 3 aromatic rings. The van der Waals surface area contributed by atoms with E-state index in [2.05, 4.69) is 5.32 Å². The number of hydrogen-bond donors (Lipinski definition) is 1. The zero-order chi connectivity index (χ0) is 30.4. The van der Waals surface area contributed by atoms with Crippen molar-refractivity contribution in [2.45, 2.75) is 45.2 Å². The van der Waals surface area contributed by atoms with Gasteiger partial charge in [-0.25, -0.2) is 12.8 Å². The first-order valence-corrected chi connectivity index (χ1v) is 15.2. The highest BCUT2D eigenvalue weighted by Gasteiger charge is 2.33. The summed E-state index contributed by atoms with van der Waals surface area (Å²) in [6, 6.07) is 15.7. The number of hydrogen-bond acceptors (Lipinski definition) is 6. The quantitative estimate of drug-likeness (QED) is 0.354. The Bertz CT molecular complexity index is 1510. The molecule has 0 aromatic heterocycles. The van der Waals surface area contributed by atoms with E-state index in [1.54, 1.807) is 6.92 Å². The van der Waals surface area contributed by atoms with Crippen molar-refractivity contribution in [2.75, 3.05) is 30.6 Å². The van der Waals surface area contributed by atoms with Crippen LogP contribution < -0.4 is 19.1 Å². The Morgan fingerprint density at radius 1 is 0.929 bits per heavy atom.